The first-order valence-corrected chi connectivity index (χ1v) is 5.91. The molecule has 0 radical (unpaired) electrons. The van der Waals surface area contributed by atoms with E-state index in [1.54, 1.807) is 19.9 Å². The quantitative estimate of drug-likeness (QED) is 0.662. The Morgan fingerprint density at radius 2 is 2.12 bits per heavy atom. The van der Waals surface area contributed by atoms with E-state index in [4.69, 9.17) is 0 Å². The highest BCUT2D eigenvalue weighted by atomic mass is 79.9. The van der Waals surface area contributed by atoms with Crippen molar-refractivity contribution in [2.24, 2.45) is 0 Å². The number of halogens is 1. The molecule has 17 heavy (non-hydrogen) atoms. The van der Waals surface area contributed by atoms with Gasteiger partial charge >= 0.3 is 0 Å². The second kappa shape index (κ2) is 5.01. The number of rotatable bonds is 4. The van der Waals surface area contributed by atoms with Crippen molar-refractivity contribution in [3.05, 3.63) is 32.3 Å². The van der Waals surface area contributed by atoms with Crippen molar-refractivity contribution in [3.63, 3.8) is 0 Å². The first-order valence-electron chi connectivity index (χ1n) is 5.11. The van der Waals surface area contributed by atoms with Gasteiger partial charge in [0.05, 0.1) is 10.5 Å². The zero-order chi connectivity index (χ0) is 13.2. The minimum Gasteiger partial charge on any atom is -0.389 e. The molecule has 1 rings (SSSR count). The number of anilines is 1. The van der Waals surface area contributed by atoms with Gasteiger partial charge < -0.3 is 10.4 Å². The number of hydrogen-bond donors (Lipinski definition) is 2. The molecule has 0 aliphatic heterocycles. The minimum atomic E-state index is -0.922. The monoisotopic (exact) mass is 302 g/mol. The van der Waals surface area contributed by atoms with Crippen LogP contribution in [0, 0.1) is 17.0 Å². The first kappa shape index (κ1) is 13.9. The lowest BCUT2D eigenvalue weighted by molar-refractivity contribution is -0.384. The standard InChI is InChI=1S/C11H15BrN2O3/c1-7-4-9(13-6-11(2,3)15)10(14(16)17)5-8(7)12/h4-5,13,15H,6H2,1-3H3. The zero-order valence-corrected chi connectivity index (χ0v) is 11.5. The van der Waals surface area contributed by atoms with Crippen LogP contribution in [0.25, 0.3) is 0 Å². The van der Waals surface area contributed by atoms with Crippen LogP contribution >= 0.6 is 15.9 Å². The number of nitrogens with zero attached hydrogens (tertiary/aromatic N) is 1. The summed E-state index contributed by atoms with van der Waals surface area (Å²) in [5.74, 6) is 0. The van der Waals surface area contributed by atoms with Gasteiger partial charge in [-0.05, 0) is 32.4 Å². The highest BCUT2D eigenvalue weighted by molar-refractivity contribution is 9.10. The fourth-order valence-electron chi connectivity index (χ4n) is 1.28. The highest BCUT2D eigenvalue weighted by Gasteiger charge is 2.18. The zero-order valence-electron chi connectivity index (χ0n) is 9.95. The minimum absolute atomic E-state index is 0.00766. The largest absolute Gasteiger partial charge is 0.389 e. The van der Waals surface area contributed by atoms with Crippen molar-refractivity contribution in [3.8, 4) is 0 Å². The molecule has 1 aromatic carbocycles. The maximum atomic E-state index is 10.9. The summed E-state index contributed by atoms with van der Waals surface area (Å²) >= 11 is 3.26. The van der Waals surface area contributed by atoms with E-state index in [0.29, 0.717) is 10.2 Å². The van der Waals surface area contributed by atoms with E-state index in [0.717, 1.165) is 5.56 Å². The molecule has 0 saturated carbocycles. The Morgan fingerprint density at radius 3 is 2.59 bits per heavy atom. The molecular weight excluding hydrogens is 288 g/mol. The topological polar surface area (TPSA) is 75.4 Å². The number of aliphatic hydroxyl groups is 1. The van der Waals surface area contributed by atoms with E-state index in [2.05, 4.69) is 21.2 Å². The van der Waals surface area contributed by atoms with Gasteiger partial charge in [-0.1, -0.05) is 15.9 Å². The van der Waals surface area contributed by atoms with Crippen molar-refractivity contribution in [1.29, 1.82) is 0 Å². The molecule has 94 valence electrons. The maximum absolute atomic E-state index is 10.9. The van der Waals surface area contributed by atoms with Crippen LogP contribution in [0.3, 0.4) is 0 Å². The summed E-state index contributed by atoms with van der Waals surface area (Å²) < 4.78 is 0.693. The van der Waals surface area contributed by atoms with Crippen molar-refractivity contribution in [1.82, 2.24) is 0 Å². The van der Waals surface area contributed by atoms with Crippen molar-refractivity contribution in [2.45, 2.75) is 26.4 Å². The van der Waals surface area contributed by atoms with Crippen molar-refractivity contribution < 1.29 is 10.0 Å². The Labute approximate surface area is 108 Å². The average Bonchev–Trinajstić information content (AvgIpc) is 2.17. The molecule has 0 atom stereocenters. The second-order valence-electron chi connectivity index (χ2n) is 4.54. The normalized spacial score (nSPS) is 11.4. The Hall–Kier alpha value is -1.14. The molecule has 6 heteroatoms. The van der Waals surface area contributed by atoms with Crippen LogP contribution in [-0.4, -0.2) is 22.2 Å². The average molecular weight is 303 g/mol. The molecule has 0 amide bonds. The number of aryl methyl sites for hydroxylation is 1. The van der Waals surface area contributed by atoms with Crippen LogP contribution < -0.4 is 5.32 Å². The van der Waals surface area contributed by atoms with Gasteiger partial charge in [-0.3, -0.25) is 10.1 Å². The van der Waals surface area contributed by atoms with Gasteiger partial charge in [-0.25, -0.2) is 0 Å². The number of nitro benzene ring substituents is 1. The first-order chi connectivity index (χ1) is 7.70. The predicted octanol–water partition coefficient (Wildman–Crippen LogP) is 2.85. The van der Waals surface area contributed by atoms with Gasteiger partial charge in [0.25, 0.3) is 5.69 Å². The van der Waals surface area contributed by atoms with E-state index in [-0.39, 0.29) is 12.2 Å². The summed E-state index contributed by atoms with van der Waals surface area (Å²) in [5, 5.41) is 23.4. The number of hydrogen-bond acceptors (Lipinski definition) is 4. The summed E-state index contributed by atoms with van der Waals surface area (Å²) in [4.78, 5) is 10.4. The van der Waals surface area contributed by atoms with E-state index in [1.165, 1.54) is 6.07 Å². The molecule has 0 spiro atoms. The van der Waals surface area contributed by atoms with Gasteiger partial charge in [0.2, 0.25) is 0 Å². The van der Waals surface area contributed by atoms with Crippen molar-refractivity contribution >= 4 is 27.3 Å². The van der Waals surface area contributed by atoms with E-state index < -0.39 is 10.5 Å². The lowest BCUT2D eigenvalue weighted by Crippen LogP contribution is -2.29. The van der Waals surface area contributed by atoms with Crippen molar-refractivity contribution in [2.75, 3.05) is 11.9 Å². The lowest BCUT2D eigenvalue weighted by atomic mass is 10.1. The van der Waals surface area contributed by atoms with Crippen LogP contribution in [0.4, 0.5) is 11.4 Å². The van der Waals surface area contributed by atoms with Crippen LogP contribution in [0.5, 0.6) is 0 Å². The fraction of sp³-hybridized carbons (Fsp3) is 0.455. The smallest absolute Gasteiger partial charge is 0.293 e. The van der Waals surface area contributed by atoms with Crippen LogP contribution in [0.1, 0.15) is 19.4 Å². The molecule has 0 heterocycles. The Balaban J connectivity index is 3.05. The molecule has 0 aliphatic rings. The van der Waals surface area contributed by atoms with E-state index in [9.17, 15) is 15.2 Å². The molecule has 0 aromatic heterocycles. The third kappa shape index (κ3) is 3.98. The molecule has 0 bridgehead atoms. The summed E-state index contributed by atoms with van der Waals surface area (Å²) in [7, 11) is 0. The summed E-state index contributed by atoms with van der Waals surface area (Å²) in [6.45, 7) is 5.37. The molecule has 0 fully saturated rings. The number of nitro groups is 1. The summed E-state index contributed by atoms with van der Waals surface area (Å²) in [6, 6.07) is 3.15. The SMILES string of the molecule is Cc1cc(NCC(C)(C)O)c([N+](=O)[O-])cc1Br. The third-order valence-corrected chi connectivity index (χ3v) is 3.04. The number of nitrogens with one attached hydrogen (secondary N) is 1. The van der Waals surface area contributed by atoms with Crippen LogP contribution in [-0.2, 0) is 0 Å². The molecule has 0 unspecified atom stereocenters. The molecule has 5 nitrogen and oxygen atoms in total. The molecule has 1 aromatic rings. The van der Waals surface area contributed by atoms with Gasteiger partial charge in [0.15, 0.2) is 0 Å². The Kier molecular flexibility index (Phi) is 4.11. The fourth-order valence-corrected chi connectivity index (χ4v) is 1.61. The lowest BCUT2D eigenvalue weighted by Gasteiger charge is -2.18. The highest BCUT2D eigenvalue weighted by Crippen LogP contribution is 2.31. The van der Waals surface area contributed by atoms with E-state index >= 15 is 0 Å². The van der Waals surface area contributed by atoms with Crippen LogP contribution in [0.15, 0.2) is 16.6 Å². The van der Waals surface area contributed by atoms with Gasteiger partial charge in [-0.2, -0.15) is 0 Å². The van der Waals surface area contributed by atoms with Crippen LogP contribution in [0.2, 0.25) is 0 Å². The molecular formula is C11H15BrN2O3. The van der Waals surface area contributed by atoms with E-state index in [1.807, 2.05) is 6.92 Å². The molecule has 0 aliphatic carbocycles. The van der Waals surface area contributed by atoms with Gasteiger partial charge in [-0.15, -0.1) is 0 Å². The third-order valence-electron chi connectivity index (χ3n) is 2.19. The summed E-state index contributed by atoms with van der Waals surface area (Å²) in [5.41, 5.74) is 0.382. The Bertz CT molecular complexity index is 441. The Morgan fingerprint density at radius 1 is 1.53 bits per heavy atom. The second-order valence-corrected chi connectivity index (χ2v) is 5.40. The van der Waals surface area contributed by atoms with Gasteiger partial charge in [0, 0.05) is 17.1 Å². The predicted molar refractivity (Wildman–Crippen MR) is 70.3 cm³/mol. The maximum Gasteiger partial charge on any atom is 0.293 e. The molecule has 2 N–H and O–H groups in total. The number of benzene rings is 1. The summed E-state index contributed by atoms with van der Waals surface area (Å²) in [6.07, 6.45) is 0. The van der Waals surface area contributed by atoms with Gasteiger partial charge in [0.1, 0.15) is 5.69 Å². The molecule has 0 saturated heterocycles.